The fraction of sp³-hybridized carbons (Fsp3) is 0.375. The lowest BCUT2D eigenvalue weighted by Crippen LogP contribution is -2.49. The van der Waals surface area contributed by atoms with Crippen LogP contribution in [0.2, 0.25) is 0 Å². The van der Waals surface area contributed by atoms with Gasteiger partial charge in [-0.15, -0.1) is 0 Å². The van der Waals surface area contributed by atoms with Gasteiger partial charge in [-0.3, -0.25) is 9.88 Å². The van der Waals surface area contributed by atoms with E-state index in [1.807, 2.05) is 36.4 Å². The Morgan fingerprint density at radius 3 is 2.70 bits per heavy atom. The van der Waals surface area contributed by atoms with E-state index in [9.17, 15) is 5.11 Å². The van der Waals surface area contributed by atoms with Gasteiger partial charge < -0.3 is 25.6 Å². The van der Waals surface area contributed by atoms with E-state index < -0.39 is 0 Å². The first kappa shape index (κ1) is 21.6. The molecule has 172 valence electrons. The highest BCUT2D eigenvalue weighted by Crippen LogP contribution is 2.30. The SMILES string of the molecule is Nc1cc(-c2ccnc(Nc3ccnc(CN4CC(O)C4)c3)n2)ccc1OC1CCOCC1. The molecular weight excluding hydrogens is 420 g/mol. The van der Waals surface area contributed by atoms with Crippen molar-refractivity contribution < 1.29 is 14.6 Å². The van der Waals surface area contributed by atoms with Crippen molar-refractivity contribution in [3.05, 3.63) is 54.5 Å². The van der Waals surface area contributed by atoms with Crippen LogP contribution in [0.5, 0.6) is 5.75 Å². The topological polar surface area (TPSA) is 119 Å². The third-order valence-corrected chi connectivity index (χ3v) is 5.82. The second-order valence-electron chi connectivity index (χ2n) is 8.46. The summed E-state index contributed by atoms with van der Waals surface area (Å²) in [5.41, 5.74) is 10.3. The van der Waals surface area contributed by atoms with Crippen LogP contribution >= 0.6 is 0 Å². The van der Waals surface area contributed by atoms with Gasteiger partial charge in [0.15, 0.2) is 0 Å². The molecule has 4 heterocycles. The number of anilines is 3. The highest BCUT2D eigenvalue weighted by atomic mass is 16.5. The molecule has 33 heavy (non-hydrogen) atoms. The number of pyridine rings is 1. The lowest BCUT2D eigenvalue weighted by molar-refractivity contribution is -0.00352. The highest BCUT2D eigenvalue weighted by molar-refractivity contribution is 5.69. The molecule has 0 unspecified atom stereocenters. The van der Waals surface area contributed by atoms with E-state index in [4.69, 9.17) is 15.2 Å². The first-order chi connectivity index (χ1) is 16.1. The number of nitrogens with one attached hydrogen (secondary N) is 1. The number of β-amino-alcohol motifs (C(OH)–C–C–N with tert-alkyl or cyclic N) is 1. The molecule has 0 amide bonds. The fourth-order valence-electron chi connectivity index (χ4n) is 4.04. The van der Waals surface area contributed by atoms with Crippen LogP contribution in [-0.2, 0) is 11.3 Å². The zero-order chi connectivity index (χ0) is 22.6. The number of ether oxygens (including phenoxy) is 2. The Morgan fingerprint density at radius 2 is 1.91 bits per heavy atom. The summed E-state index contributed by atoms with van der Waals surface area (Å²) in [6.45, 7) is 3.52. The molecule has 2 aliphatic rings. The lowest BCUT2D eigenvalue weighted by atomic mass is 10.1. The maximum atomic E-state index is 9.46. The van der Waals surface area contributed by atoms with Gasteiger partial charge >= 0.3 is 0 Å². The predicted molar refractivity (Wildman–Crippen MR) is 125 cm³/mol. The Balaban J connectivity index is 1.27. The summed E-state index contributed by atoms with van der Waals surface area (Å²) in [5.74, 6) is 1.18. The van der Waals surface area contributed by atoms with Crippen LogP contribution in [0.4, 0.5) is 17.3 Å². The molecule has 0 radical (unpaired) electrons. The van der Waals surface area contributed by atoms with Crippen LogP contribution < -0.4 is 15.8 Å². The van der Waals surface area contributed by atoms with Gasteiger partial charge in [-0.25, -0.2) is 9.97 Å². The molecule has 0 spiro atoms. The van der Waals surface area contributed by atoms with E-state index >= 15 is 0 Å². The molecular formula is C24H28N6O3. The quantitative estimate of drug-likeness (QED) is 0.469. The molecule has 0 aliphatic carbocycles. The summed E-state index contributed by atoms with van der Waals surface area (Å²) in [6, 6.07) is 11.4. The highest BCUT2D eigenvalue weighted by Gasteiger charge is 2.24. The van der Waals surface area contributed by atoms with E-state index in [0.29, 0.717) is 37.0 Å². The van der Waals surface area contributed by atoms with Crippen molar-refractivity contribution in [3.8, 4) is 17.0 Å². The number of aliphatic hydroxyl groups is 1. The monoisotopic (exact) mass is 448 g/mol. The van der Waals surface area contributed by atoms with Crippen LogP contribution in [0, 0.1) is 0 Å². The van der Waals surface area contributed by atoms with Gasteiger partial charge in [-0.05, 0) is 36.4 Å². The van der Waals surface area contributed by atoms with Crippen molar-refractivity contribution >= 4 is 17.3 Å². The number of likely N-dealkylation sites (tertiary alicyclic amines) is 1. The van der Waals surface area contributed by atoms with Crippen molar-refractivity contribution in [2.24, 2.45) is 0 Å². The Hall–Kier alpha value is -3.27. The van der Waals surface area contributed by atoms with Crippen molar-refractivity contribution in [1.82, 2.24) is 19.9 Å². The second-order valence-corrected chi connectivity index (χ2v) is 8.46. The standard InChI is InChI=1S/C24H28N6O3/c25-21-11-16(1-2-23(21)33-20-5-9-32-10-6-20)22-4-8-27-24(29-22)28-17-3-7-26-18(12-17)13-30-14-19(31)15-30/h1-4,7-8,11-12,19-20,31H,5-6,9-10,13-15,25H2,(H,26,27,28,29). The maximum Gasteiger partial charge on any atom is 0.227 e. The number of nitrogens with two attached hydrogens (primary N) is 1. The van der Waals surface area contributed by atoms with Crippen LogP contribution in [0.15, 0.2) is 48.8 Å². The minimum absolute atomic E-state index is 0.137. The summed E-state index contributed by atoms with van der Waals surface area (Å²) >= 11 is 0. The average molecular weight is 449 g/mol. The van der Waals surface area contributed by atoms with Crippen LogP contribution in [0.1, 0.15) is 18.5 Å². The molecule has 9 nitrogen and oxygen atoms in total. The molecule has 4 N–H and O–H groups in total. The van der Waals surface area contributed by atoms with Crippen LogP contribution in [0.3, 0.4) is 0 Å². The number of nitrogens with zero attached hydrogens (tertiary/aromatic N) is 4. The van der Waals surface area contributed by atoms with Crippen molar-refractivity contribution in [2.75, 3.05) is 37.4 Å². The number of hydrogen-bond acceptors (Lipinski definition) is 9. The zero-order valence-electron chi connectivity index (χ0n) is 18.4. The summed E-state index contributed by atoms with van der Waals surface area (Å²) in [7, 11) is 0. The molecule has 9 heteroatoms. The molecule has 0 atom stereocenters. The van der Waals surface area contributed by atoms with Gasteiger partial charge in [-0.1, -0.05) is 0 Å². The van der Waals surface area contributed by atoms with Gasteiger partial charge in [0.2, 0.25) is 5.95 Å². The number of benzene rings is 1. The van der Waals surface area contributed by atoms with Crippen molar-refractivity contribution in [3.63, 3.8) is 0 Å². The average Bonchev–Trinajstić information content (AvgIpc) is 2.81. The smallest absolute Gasteiger partial charge is 0.227 e. The van der Waals surface area contributed by atoms with E-state index in [1.165, 1.54) is 0 Å². The molecule has 2 saturated heterocycles. The summed E-state index contributed by atoms with van der Waals surface area (Å²) in [5, 5.41) is 12.7. The normalized spacial score (nSPS) is 17.5. The van der Waals surface area contributed by atoms with Gasteiger partial charge in [-0.2, -0.15) is 0 Å². The molecule has 2 aliphatic heterocycles. The Morgan fingerprint density at radius 1 is 1.09 bits per heavy atom. The van der Waals surface area contributed by atoms with E-state index in [1.54, 1.807) is 12.4 Å². The van der Waals surface area contributed by atoms with Gasteiger partial charge in [0.05, 0.1) is 36.4 Å². The lowest BCUT2D eigenvalue weighted by Gasteiger charge is -2.35. The van der Waals surface area contributed by atoms with Crippen LogP contribution in [0.25, 0.3) is 11.3 Å². The number of nitrogen functional groups attached to an aromatic ring is 1. The Labute approximate surface area is 192 Å². The first-order valence-corrected chi connectivity index (χ1v) is 11.2. The van der Waals surface area contributed by atoms with Gasteiger partial charge in [0, 0.05) is 56.1 Å². The number of aromatic nitrogens is 3. The van der Waals surface area contributed by atoms with Gasteiger partial charge in [0.25, 0.3) is 0 Å². The van der Waals surface area contributed by atoms with Crippen LogP contribution in [-0.4, -0.2) is 63.5 Å². The van der Waals surface area contributed by atoms with E-state index in [-0.39, 0.29) is 12.2 Å². The second kappa shape index (κ2) is 9.70. The predicted octanol–water partition coefficient (Wildman–Crippen LogP) is 2.60. The van der Waals surface area contributed by atoms with Crippen molar-refractivity contribution in [1.29, 1.82) is 0 Å². The Bertz CT molecular complexity index is 1100. The van der Waals surface area contributed by atoms with Crippen molar-refractivity contribution in [2.45, 2.75) is 31.6 Å². The number of rotatable bonds is 7. The third kappa shape index (κ3) is 5.39. The fourth-order valence-corrected chi connectivity index (χ4v) is 4.04. The minimum Gasteiger partial charge on any atom is -0.488 e. The molecule has 2 fully saturated rings. The van der Waals surface area contributed by atoms with Gasteiger partial charge in [0.1, 0.15) is 11.9 Å². The molecule has 5 rings (SSSR count). The molecule has 1 aromatic carbocycles. The number of aliphatic hydroxyl groups excluding tert-OH is 1. The molecule has 3 aromatic rings. The minimum atomic E-state index is -0.223. The third-order valence-electron chi connectivity index (χ3n) is 5.82. The molecule has 0 bridgehead atoms. The summed E-state index contributed by atoms with van der Waals surface area (Å²) < 4.78 is 11.5. The molecule has 2 aromatic heterocycles. The summed E-state index contributed by atoms with van der Waals surface area (Å²) in [6.07, 6.45) is 5.14. The largest absolute Gasteiger partial charge is 0.488 e. The molecule has 0 saturated carbocycles. The summed E-state index contributed by atoms with van der Waals surface area (Å²) in [4.78, 5) is 15.6. The maximum absolute atomic E-state index is 9.46. The number of hydrogen-bond donors (Lipinski definition) is 3. The first-order valence-electron chi connectivity index (χ1n) is 11.2. The van der Waals surface area contributed by atoms with E-state index in [2.05, 4.69) is 25.2 Å². The van der Waals surface area contributed by atoms with E-state index in [0.717, 1.165) is 48.7 Å². The zero-order valence-corrected chi connectivity index (χ0v) is 18.4. The Kier molecular flexibility index (Phi) is 6.34.